The Morgan fingerprint density at radius 3 is 2.50 bits per heavy atom. The molecular formula is C16H17FN2O4S. The minimum Gasteiger partial charge on any atom is -0.467 e. The number of rotatable bonds is 5. The summed E-state index contributed by atoms with van der Waals surface area (Å²) in [4.78, 5) is 16.2. The van der Waals surface area contributed by atoms with E-state index in [1.807, 2.05) is 0 Å². The summed E-state index contributed by atoms with van der Waals surface area (Å²) in [6.07, 6.45) is 1.44. The molecule has 1 aromatic carbocycles. The standard InChI is InChI=1S/C16H17FN2O4S/c1-16(15(20)23-3,14-9-4-5-10-18-14)19(2)24(21,22)13-8-6-7-12(17)11-13/h4-11H,1-3H3/t16-/m0/s1. The minimum atomic E-state index is -4.17. The van der Waals surface area contributed by atoms with Crippen molar-refractivity contribution >= 4 is 16.0 Å². The number of likely N-dealkylation sites (N-methyl/N-ethyl adjacent to an activating group) is 1. The third-order valence-electron chi connectivity index (χ3n) is 3.83. The highest BCUT2D eigenvalue weighted by atomic mass is 32.2. The number of aromatic nitrogens is 1. The van der Waals surface area contributed by atoms with Crippen LogP contribution in [0.15, 0.2) is 53.6 Å². The second-order valence-corrected chi connectivity index (χ2v) is 7.18. The number of hydrogen-bond acceptors (Lipinski definition) is 5. The van der Waals surface area contributed by atoms with Gasteiger partial charge in [0.2, 0.25) is 10.0 Å². The largest absolute Gasteiger partial charge is 0.467 e. The van der Waals surface area contributed by atoms with Crippen LogP contribution in [0.1, 0.15) is 12.6 Å². The van der Waals surface area contributed by atoms with Crippen LogP contribution >= 0.6 is 0 Å². The van der Waals surface area contributed by atoms with E-state index in [9.17, 15) is 17.6 Å². The van der Waals surface area contributed by atoms with E-state index in [0.29, 0.717) is 0 Å². The molecule has 0 radical (unpaired) electrons. The highest BCUT2D eigenvalue weighted by Gasteiger charge is 2.47. The lowest BCUT2D eigenvalue weighted by atomic mass is 9.97. The maximum Gasteiger partial charge on any atom is 0.333 e. The first kappa shape index (κ1) is 18.0. The second-order valence-electron chi connectivity index (χ2n) is 5.21. The van der Waals surface area contributed by atoms with E-state index in [1.165, 1.54) is 38.4 Å². The van der Waals surface area contributed by atoms with Crippen molar-refractivity contribution in [1.29, 1.82) is 0 Å². The topological polar surface area (TPSA) is 76.6 Å². The van der Waals surface area contributed by atoms with Crippen LogP contribution in [-0.4, -0.2) is 37.8 Å². The van der Waals surface area contributed by atoms with Crippen LogP contribution in [0, 0.1) is 5.82 Å². The van der Waals surface area contributed by atoms with E-state index in [0.717, 1.165) is 23.5 Å². The Bertz CT molecular complexity index is 842. The first-order valence-corrected chi connectivity index (χ1v) is 8.43. The van der Waals surface area contributed by atoms with Crippen molar-refractivity contribution in [3.05, 3.63) is 60.2 Å². The molecule has 1 atom stereocenters. The molecule has 0 bridgehead atoms. The van der Waals surface area contributed by atoms with Gasteiger partial charge in [0, 0.05) is 13.2 Å². The number of sulfonamides is 1. The summed E-state index contributed by atoms with van der Waals surface area (Å²) in [5.74, 6) is -1.49. The van der Waals surface area contributed by atoms with Gasteiger partial charge in [0.05, 0.1) is 17.7 Å². The van der Waals surface area contributed by atoms with Crippen LogP contribution in [-0.2, 0) is 25.1 Å². The van der Waals surface area contributed by atoms with Crippen molar-refractivity contribution in [2.75, 3.05) is 14.2 Å². The SMILES string of the molecule is COC(=O)[C@](C)(c1ccccn1)N(C)S(=O)(=O)c1cccc(F)c1. The van der Waals surface area contributed by atoms with Gasteiger partial charge in [-0.3, -0.25) is 4.98 Å². The molecule has 0 N–H and O–H groups in total. The Morgan fingerprint density at radius 2 is 1.96 bits per heavy atom. The molecule has 0 saturated carbocycles. The molecule has 24 heavy (non-hydrogen) atoms. The molecule has 0 unspecified atom stereocenters. The highest BCUT2D eigenvalue weighted by Crippen LogP contribution is 2.32. The van der Waals surface area contributed by atoms with Gasteiger partial charge in [-0.2, -0.15) is 4.31 Å². The van der Waals surface area contributed by atoms with E-state index in [1.54, 1.807) is 12.1 Å². The molecule has 0 fully saturated rings. The third kappa shape index (κ3) is 3.02. The number of hydrogen-bond donors (Lipinski definition) is 0. The molecule has 8 heteroatoms. The number of methoxy groups -OCH3 is 1. The van der Waals surface area contributed by atoms with Gasteiger partial charge >= 0.3 is 5.97 Å². The normalized spacial score (nSPS) is 14.2. The summed E-state index contributed by atoms with van der Waals surface area (Å²) in [5, 5.41) is 0. The zero-order valence-electron chi connectivity index (χ0n) is 13.4. The molecule has 0 saturated heterocycles. The Balaban J connectivity index is 2.61. The number of ether oxygens (including phenoxy) is 1. The van der Waals surface area contributed by atoms with E-state index in [-0.39, 0.29) is 10.6 Å². The quantitative estimate of drug-likeness (QED) is 0.769. The van der Waals surface area contributed by atoms with Gasteiger partial charge in [0.15, 0.2) is 5.54 Å². The zero-order chi connectivity index (χ0) is 18.0. The first-order chi connectivity index (χ1) is 11.2. The van der Waals surface area contributed by atoms with Gasteiger partial charge in [-0.05, 0) is 37.3 Å². The average Bonchev–Trinajstić information content (AvgIpc) is 2.60. The lowest BCUT2D eigenvalue weighted by molar-refractivity contribution is -0.151. The van der Waals surface area contributed by atoms with Crippen molar-refractivity contribution in [1.82, 2.24) is 9.29 Å². The van der Waals surface area contributed by atoms with E-state index < -0.39 is 27.3 Å². The molecule has 0 aliphatic rings. The molecule has 0 amide bonds. The van der Waals surface area contributed by atoms with Crippen molar-refractivity contribution < 1.29 is 22.3 Å². The predicted octanol–water partition coefficient (Wildman–Crippen LogP) is 1.93. The number of carbonyl (C=O) groups excluding carboxylic acids is 1. The van der Waals surface area contributed by atoms with Gasteiger partial charge in [-0.1, -0.05) is 12.1 Å². The molecule has 6 nitrogen and oxygen atoms in total. The molecule has 1 heterocycles. The van der Waals surface area contributed by atoms with Crippen LogP contribution in [0.25, 0.3) is 0 Å². The molecular weight excluding hydrogens is 335 g/mol. The van der Waals surface area contributed by atoms with Crippen molar-refractivity contribution in [2.45, 2.75) is 17.4 Å². The number of benzene rings is 1. The van der Waals surface area contributed by atoms with Crippen LogP contribution in [0.2, 0.25) is 0 Å². The average molecular weight is 352 g/mol. The van der Waals surface area contributed by atoms with Crippen molar-refractivity contribution in [3.8, 4) is 0 Å². The maximum atomic E-state index is 13.4. The number of nitrogens with zero attached hydrogens (tertiary/aromatic N) is 2. The number of carbonyl (C=O) groups is 1. The molecule has 2 aromatic rings. The minimum absolute atomic E-state index is 0.194. The number of esters is 1. The van der Waals surface area contributed by atoms with Gasteiger partial charge < -0.3 is 4.74 Å². The molecule has 0 aliphatic heterocycles. The fraction of sp³-hybridized carbons (Fsp3) is 0.250. The van der Waals surface area contributed by atoms with Gasteiger partial charge in [-0.15, -0.1) is 0 Å². The highest BCUT2D eigenvalue weighted by molar-refractivity contribution is 7.89. The van der Waals surface area contributed by atoms with Crippen LogP contribution < -0.4 is 0 Å². The molecule has 0 aliphatic carbocycles. The first-order valence-electron chi connectivity index (χ1n) is 6.99. The van der Waals surface area contributed by atoms with Crippen molar-refractivity contribution in [2.24, 2.45) is 0 Å². The summed E-state index contributed by atoms with van der Waals surface area (Å²) in [6, 6.07) is 9.36. The van der Waals surface area contributed by atoms with E-state index >= 15 is 0 Å². The summed E-state index contributed by atoms with van der Waals surface area (Å²) in [7, 11) is -1.78. The van der Waals surface area contributed by atoms with E-state index in [2.05, 4.69) is 4.98 Å². The van der Waals surface area contributed by atoms with Crippen LogP contribution in [0.4, 0.5) is 4.39 Å². The molecule has 128 valence electrons. The Kier molecular flexibility index (Phi) is 5.00. The Labute approximate surface area is 139 Å². The smallest absolute Gasteiger partial charge is 0.333 e. The zero-order valence-corrected chi connectivity index (χ0v) is 14.2. The fourth-order valence-electron chi connectivity index (χ4n) is 2.27. The van der Waals surface area contributed by atoms with Crippen LogP contribution in [0.5, 0.6) is 0 Å². The number of pyridine rings is 1. The molecule has 0 spiro atoms. The van der Waals surface area contributed by atoms with Crippen molar-refractivity contribution in [3.63, 3.8) is 0 Å². The predicted molar refractivity (Wildman–Crippen MR) is 85.0 cm³/mol. The molecule has 1 aromatic heterocycles. The lowest BCUT2D eigenvalue weighted by Crippen LogP contribution is -2.51. The van der Waals surface area contributed by atoms with Crippen LogP contribution in [0.3, 0.4) is 0 Å². The summed E-state index contributed by atoms with van der Waals surface area (Å²) >= 11 is 0. The fourth-order valence-corrected chi connectivity index (χ4v) is 3.75. The van der Waals surface area contributed by atoms with Gasteiger partial charge in [0.1, 0.15) is 5.82 Å². The van der Waals surface area contributed by atoms with Gasteiger partial charge in [-0.25, -0.2) is 17.6 Å². The van der Waals surface area contributed by atoms with Gasteiger partial charge in [0.25, 0.3) is 0 Å². The lowest BCUT2D eigenvalue weighted by Gasteiger charge is -2.34. The number of halogens is 1. The second kappa shape index (κ2) is 6.66. The third-order valence-corrected chi connectivity index (χ3v) is 5.77. The molecule has 2 rings (SSSR count). The Morgan fingerprint density at radius 1 is 1.25 bits per heavy atom. The monoisotopic (exact) mass is 352 g/mol. The summed E-state index contributed by atoms with van der Waals surface area (Å²) in [6.45, 7) is 1.39. The van der Waals surface area contributed by atoms with E-state index in [4.69, 9.17) is 4.74 Å². The summed E-state index contributed by atoms with van der Waals surface area (Å²) < 4.78 is 44.7. The maximum absolute atomic E-state index is 13.4. The summed E-state index contributed by atoms with van der Waals surface area (Å²) in [5.41, 5.74) is -1.51. The Hall–Kier alpha value is -2.32.